The summed E-state index contributed by atoms with van der Waals surface area (Å²) in [7, 11) is -1.25. The molecule has 1 unspecified atom stereocenters. The second-order valence-electron chi connectivity index (χ2n) is 14.5. The largest absolute Gasteiger partial charge is 0.444 e. The van der Waals surface area contributed by atoms with Crippen molar-refractivity contribution >= 4 is 37.2 Å². The van der Waals surface area contributed by atoms with E-state index in [1.165, 1.54) is 12.1 Å². The molecule has 3 aromatic rings. The number of rotatable bonds is 12. The van der Waals surface area contributed by atoms with Crippen molar-refractivity contribution in [3.63, 3.8) is 0 Å². The molecule has 44 heavy (non-hydrogen) atoms. The highest BCUT2D eigenvalue weighted by atomic mass is 28.3. The Bertz CT molecular complexity index is 1420. The third-order valence-electron chi connectivity index (χ3n) is 8.51. The summed E-state index contributed by atoms with van der Waals surface area (Å²) in [6.07, 6.45) is 5.60. The van der Waals surface area contributed by atoms with Gasteiger partial charge in [0.05, 0.1) is 5.69 Å². The van der Waals surface area contributed by atoms with Crippen molar-refractivity contribution in [2.45, 2.75) is 97.4 Å². The normalized spacial score (nSPS) is 19.9. The highest BCUT2D eigenvalue weighted by Crippen LogP contribution is 2.40. The standard InChI is InChI=1S/C34H49FN4O4Si/c1-24(38-32(41)43-33(2,3)4)25-12-15-34(22-40,16-13-25)21-37-29-14-17-36-31-28(29)20-30(26-8-10-27(35)11-9-26)39(31)23-42-18-19-44(5,6)7/h8-11,14,17,20,22,24-25H,12-13,15-16,18-19,21,23H2,1-7H3,(H,36,37)(H,38,41). The number of hydrogen-bond acceptors (Lipinski definition) is 6. The lowest BCUT2D eigenvalue weighted by atomic mass is 9.69. The molecule has 10 heteroatoms. The summed E-state index contributed by atoms with van der Waals surface area (Å²) in [5, 5.41) is 7.47. The number of hydrogen-bond donors (Lipinski definition) is 2. The van der Waals surface area contributed by atoms with Gasteiger partial charge in [-0.05, 0) is 107 Å². The molecule has 2 N–H and O–H groups in total. The first-order chi connectivity index (χ1) is 20.7. The van der Waals surface area contributed by atoms with Gasteiger partial charge < -0.3 is 29.5 Å². The molecule has 0 saturated heterocycles. The zero-order valence-corrected chi connectivity index (χ0v) is 28.3. The fourth-order valence-electron chi connectivity index (χ4n) is 5.76. The Hall–Kier alpha value is -3.24. The number of carbonyl (C=O) groups is 2. The van der Waals surface area contributed by atoms with E-state index in [-0.39, 0.29) is 17.8 Å². The summed E-state index contributed by atoms with van der Waals surface area (Å²) in [6.45, 7) is 16.0. The molecule has 8 nitrogen and oxygen atoms in total. The van der Waals surface area contributed by atoms with Gasteiger partial charge in [-0.1, -0.05) is 19.6 Å². The van der Waals surface area contributed by atoms with Crippen LogP contribution in [0.5, 0.6) is 0 Å². The number of ether oxygens (including phenoxy) is 2. The average molecular weight is 625 g/mol. The molecule has 4 rings (SSSR count). The SMILES string of the molecule is CC(NC(=O)OC(C)(C)C)C1CCC(C=O)(CNc2ccnc3c2cc(-c2ccc(F)cc2)n3COCC[Si](C)(C)C)CC1. The molecule has 0 aliphatic heterocycles. The minimum Gasteiger partial charge on any atom is -0.444 e. The number of fused-ring (bicyclic) bond motifs is 1. The highest BCUT2D eigenvalue weighted by molar-refractivity contribution is 6.76. The van der Waals surface area contributed by atoms with E-state index < -0.39 is 25.2 Å². The van der Waals surface area contributed by atoms with E-state index in [0.29, 0.717) is 19.9 Å². The van der Waals surface area contributed by atoms with Crippen LogP contribution in [-0.4, -0.2) is 54.8 Å². The molecule has 0 spiro atoms. The van der Waals surface area contributed by atoms with Crippen LogP contribution in [0.15, 0.2) is 42.6 Å². The zero-order valence-electron chi connectivity index (χ0n) is 27.3. The molecule has 1 aliphatic carbocycles. The van der Waals surface area contributed by atoms with Crippen molar-refractivity contribution in [2.75, 3.05) is 18.5 Å². The topological polar surface area (TPSA) is 94.5 Å². The summed E-state index contributed by atoms with van der Waals surface area (Å²) < 4.78 is 27.4. The van der Waals surface area contributed by atoms with E-state index in [2.05, 4.69) is 36.3 Å². The number of pyridine rings is 1. The van der Waals surface area contributed by atoms with Crippen LogP contribution >= 0.6 is 0 Å². The number of carbonyl (C=O) groups excluding carboxylic acids is 2. The molecule has 1 atom stereocenters. The maximum Gasteiger partial charge on any atom is 0.407 e. The quantitative estimate of drug-likeness (QED) is 0.121. The Morgan fingerprint density at radius 3 is 2.48 bits per heavy atom. The molecule has 1 saturated carbocycles. The van der Waals surface area contributed by atoms with Crippen molar-refractivity contribution in [3.8, 4) is 11.3 Å². The van der Waals surface area contributed by atoms with Crippen molar-refractivity contribution < 1.29 is 23.5 Å². The molecular formula is C34H49FN4O4Si. The number of nitrogens with zero attached hydrogens (tertiary/aromatic N) is 2. The lowest BCUT2D eigenvalue weighted by molar-refractivity contribution is -0.117. The molecule has 1 amide bonds. The number of benzene rings is 1. The Morgan fingerprint density at radius 1 is 1.18 bits per heavy atom. The van der Waals surface area contributed by atoms with Gasteiger partial charge in [-0.15, -0.1) is 0 Å². The maximum absolute atomic E-state index is 13.8. The Morgan fingerprint density at radius 2 is 1.86 bits per heavy atom. The summed E-state index contributed by atoms with van der Waals surface area (Å²) in [4.78, 5) is 29.5. The molecule has 2 aromatic heterocycles. The average Bonchev–Trinajstić information content (AvgIpc) is 3.32. The third-order valence-corrected chi connectivity index (χ3v) is 10.2. The summed E-state index contributed by atoms with van der Waals surface area (Å²) in [5.74, 6) is -0.0105. The minimum atomic E-state index is -1.25. The van der Waals surface area contributed by atoms with Gasteiger partial charge in [0.25, 0.3) is 0 Å². The van der Waals surface area contributed by atoms with Crippen LogP contribution in [0.3, 0.4) is 0 Å². The number of aromatic nitrogens is 2. The van der Waals surface area contributed by atoms with Gasteiger partial charge in [0.2, 0.25) is 0 Å². The number of aldehydes is 1. The van der Waals surface area contributed by atoms with E-state index >= 15 is 0 Å². The van der Waals surface area contributed by atoms with E-state index in [0.717, 1.165) is 66.0 Å². The van der Waals surface area contributed by atoms with Crippen molar-refractivity contribution in [1.82, 2.24) is 14.9 Å². The van der Waals surface area contributed by atoms with Crippen LogP contribution < -0.4 is 10.6 Å². The zero-order chi connectivity index (χ0) is 32.1. The van der Waals surface area contributed by atoms with Crippen LogP contribution in [0.25, 0.3) is 22.3 Å². The van der Waals surface area contributed by atoms with E-state index in [1.807, 2.05) is 38.3 Å². The highest BCUT2D eigenvalue weighted by Gasteiger charge is 2.37. The van der Waals surface area contributed by atoms with Gasteiger partial charge in [-0.3, -0.25) is 0 Å². The number of amides is 1. The molecular weight excluding hydrogens is 575 g/mol. The second-order valence-corrected chi connectivity index (χ2v) is 20.1. The minimum absolute atomic E-state index is 0.0418. The molecule has 1 aliphatic rings. The first kappa shape index (κ1) is 33.6. The summed E-state index contributed by atoms with van der Waals surface area (Å²) in [6, 6.07) is 11.5. The predicted octanol–water partition coefficient (Wildman–Crippen LogP) is 7.86. The van der Waals surface area contributed by atoms with Crippen LogP contribution in [-0.2, 0) is 21.0 Å². The van der Waals surface area contributed by atoms with Crippen molar-refractivity contribution in [1.29, 1.82) is 0 Å². The van der Waals surface area contributed by atoms with Gasteiger partial charge in [0.1, 0.15) is 30.1 Å². The molecule has 240 valence electrons. The summed E-state index contributed by atoms with van der Waals surface area (Å²) >= 11 is 0. The fraction of sp³-hybridized carbons (Fsp3) is 0.559. The smallest absolute Gasteiger partial charge is 0.407 e. The van der Waals surface area contributed by atoms with E-state index in [9.17, 15) is 14.0 Å². The Labute approximate surface area is 262 Å². The predicted molar refractivity (Wildman–Crippen MR) is 177 cm³/mol. The number of nitrogens with one attached hydrogen (secondary N) is 2. The van der Waals surface area contributed by atoms with E-state index in [4.69, 9.17) is 14.5 Å². The molecule has 1 fully saturated rings. The fourth-order valence-corrected chi connectivity index (χ4v) is 6.52. The van der Waals surface area contributed by atoms with Gasteiger partial charge in [-0.2, -0.15) is 0 Å². The van der Waals surface area contributed by atoms with Gasteiger partial charge in [0, 0.05) is 50.0 Å². The molecule has 0 radical (unpaired) electrons. The van der Waals surface area contributed by atoms with Gasteiger partial charge in [-0.25, -0.2) is 14.2 Å². The summed E-state index contributed by atoms with van der Waals surface area (Å²) in [5.41, 5.74) is 2.39. The first-order valence-corrected chi connectivity index (χ1v) is 19.4. The molecule has 0 bridgehead atoms. The number of alkyl carbamates (subject to hydrolysis) is 1. The molecule has 1 aromatic carbocycles. The number of halogens is 1. The van der Waals surface area contributed by atoms with Crippen molar-refractivity contribution in [2.24, 2.45) is 11.3 Å². The maximum atomic E-state index is 13.8. The van der Waals surface area contributed by atoms with Gasteiger partial charge >= 0.3 is 6.09 Å². The lowest BCUT2D eigenvalue weighted by Gasteiger charge is -2.38. The van der Waals surface area contributed by atoms with E-state index in [1.54, 1.807) is 18.3 Å². The first-order valence-electron chi connectivity index (χ1n) is 15.7. The lowest BCUT2D eigenvalue weighted by Crippen LogP contribution is -2.44. The Balaban J connectivity index is 1.49. The van der Waals surface area contributed by atoms with Crippen LogP contribution in [0.2, 0.25) is 25.7 Å². The monoisotopic (exact) mass is 624 g/mol. The molecule has 2 heterocycles. The third kappa shape index (κ3) is 8.91. The Kier molecular flexibility index (Phi) is 10.6. The van der Waals surface area contributed by atoms with Crippen LogP contribution in [0, 0.1) is 17.2 Å². The number of anilines is 1. The van der Waals surface area contributed by atoms with Crippen molar-refractivity contribution in [3.05, 3.63) is 48.4 Å². The van der Waals surface area contributed by atoms with Crippen LogP contribution in [0.4, 0.5) is 14.9 Å². The van der Waals surface area contributed by atoms with Crippen LogP contribution in [0.1, 0.15) is 53.4 Å². The second kappa shape index (κ2) is 13.8. The van der Waals surface area contributed by atoms with Gasteiger partial charge in [0.15, 0.2) is 0 Å².